The lowest BCUT2D eigenvalue weighted by molar-refractivity contribution is -0.170. The Kier molecular flexibility index (Phi) is 6.25. The largest absolute Gasteiger partial charge is 0.459 e. The lowest BCUT2D eigenvalue weighted by Crippen LogP contribution is -2.39. The smallest absolute Gasteiger partial charge is 0.288 e. The van der Waals surface area contributed by atoms with E-state index in [1.807, 2.05) is 36.1 Å². The van der Waals surface area contributed by atoms with Crippen LogP contribution in [0.3, 0.4) is 0 Å². The molecule has 7 heteroatoms. The zero-order valence-corrected chi connectivity index (χ0v) is 16.8. The summed E-state index contributed by atoms with van der Waals surface area (Å²) in [5.41, 5.74) is 1.02. The number of likely N-dealkylation sites (tertiary alicyclic amines) is 1. The molecule has 0 bridgehead atoms. The molecule has 3 atom stereocenters. The number of allylic oxidation sites excluding steroid dienone is 1. The van der Waals surface area contributed by atoms with E-state index in [4.69, 9.17) is 18.9 Å². The number of hydrogen-bond acceptors (Lipinski definition) is 6. The average Bonchev–Trinajstić information content (AvgIpc) is 3.43. The van der Waals surface area contributed by atoms with Gasteiger partial charge in [-0.3, -0.25) is 4.79 Å². The molecule has 1 aromatic carbocycles. The summed E-state index contributed by atoms with van der Waals surface area (Å²) in [5.74, 6) is 1.63. The highest BCUT2D eigenvalue weighted by atomic mass is 16.7. The van der Waals surface area contributed by atoms with E-state index in [9.17, 15) is 9.90 Å². The molecular weight excluding hydrogens is 374 g/mol. The number of benzene rings is 1. The topological polar surface area (TPSA) is 77.5 Å². The number of aliphatic hydroxyl groups excluding tert-OH is 1. The quantitative estimate of drug-likeness (QED) is 0.754. The van der Waals surface area contributed by atoms with Crippen LogP contribution >= 0.6 is 0 Å². The Balaban J connectivity index is 1.68. The molecule has 0 aliphatic carbocycles. The Morgan fingerprint density at radius 1 is 1.24 bits per heavy atom. The second kappa shape index (κ2) is 9.05. The van der Waals surface area contributed by atoms with Crippen molar-refractivity contribution >= 4 is 5.91 Å². The molecule has 0 saturated carbocycles. The molecule has 0 radical (unpaired) electrons. The summed E-state index contributed by atoms with van der Waals surface area (Å²) >= 11 is 0. The van der Waals surface area contributed by atoms with Gasteiger partial charge in [-0.15, -0.1) is 0 Å². The van der Waals surface area contributed by atoms with Crippen LogP contribution in [0.1, 0.15) is 44.1 Å². The van der Waals surface area contributed by atoms with Gasteiger partial charge in [-0.05, 0) is 56.4 Å². The first kappa shape index (κ1) is 20.0. The molecule has 7 nitrogen and oxygen atoms in total. The lowest BCUT2D eigenvalue weighted by Gasteiger charge is -2.37. The molecule has 1 fully saturated rings. The number of hydrogen-bond donors (Lipinski definition) is 1. The van der Waals surface area contributed by atoms with Crippen molar-refractivity contribution in [1.82, 2.24) is 4.90 Å². The number of carbonyl (C=O) groups excluding carboxylic acids is 1. The van der Waals surface area contributed by atoms with Crippen LogP contribution in [-0.2, 0) is 14.3 Å². The highest BCUT2D eigenvalue weighted by molar-refractivity contribution is 5.92. The first-order valence-corrected chi connectivity index (χ1v) is 10.5. The molecule has 1 aromatic rings. The van der Waals surface area contributed by atoms with E-state index in [0.717, 1.165) is 43.7 Å². The Morgan fingerprint density at radius 3 is 2.79 bits per heavy atom. The van der Waals surface area contributed by atoms with Crippen LogP contribution in [-0.4, -0.2) is 55.3 Å². The first-order valence-electron chi connectivity index (χ1n) is 10.5. The summed E-state index contributed by atoms with van der Waals surface area (Å²) in [6.07, 6.45) is 4.81. The van der Waals surface area contributed by atoms with Gasteiger partial charge in [0, 0.05) is 38.1 Å². The fourth-order valence-corrected chi connectivity index (χ4v) is 4.33. The monoisotopic (exact) mass is 403 g/mol. The molecule has 1 amide bonds. The van der Waals surface area contributed by atoms with Crippen LogP contribution in [0.4, 0.5) is 0 Å². The third kappa shape index (κ3) is 4.21. The van der Waals surface area contributed by atoms with Crippen molar-refractivity contribution in [1.29, 1.82) is 0 Å². The van der Waals surface area contributed by atoms with Gasteiger partial charge in [-0.25, -0.2) is 0 Å². The Labute approximate surface area is 171 Å². The molecular formula is C22H29NO6. The fourth-order valence-electron chi connectivity index (χ4n) is 4.33. The van der Waals surface area contributed by atoms with Crippen LogP contribution < -0.4 is 9.47 Å². The molecule has 158 valence electrons. The maximum absolute atomic E-state index is 13.0. The fraction of sp³-hybridized carbons (Fsp3) is 0.591. The summed E-state index contributed by atoms with van der Waals surface area (Å²) in [5, 5.41) is 9.39. The van der Waals surface area contributed by atoms with Gasteiger partial charge in [0.2, 0.25) is 13.1 Å². The summed E-state index contributed by atoms with van der Waals surface area (Å²) in [4.78, 5) is 14.9. The van der Waals surface area contributed by atoms with Gasteiger partial charge in [0.25, 0.3) is 5.91 Å². The number of rotatable bonds is 7. The van der Waals surface area contributed by atoms with E-state index in [2.05, 4.69) is 0 Å². The Hall–Kier alpha value is -2.25. The van der Waals surface area contributed by atoms with E-state index in [1.165, 1.54) is 0 Å². The van der Waals surface area contributed by atoms with Gasteiger partial charge in [0.15, 0.2) is 17.3 Å². The van der Waals surface area contributed by atoms with Crippen molar-refractivity contribution in [3.05, 3.63) is 35.6 Å². The molecule has 1 saturated heterocycles. The lowest BCUT2D eigenvalue weighted by atomic mass is 9.80. The molecule has 29 heavy (non-hydrogen) atoms. The van der Waals surface area contributed by atoms with Crippen molar-refractivity contribution < 1.29 is 28.8 Å². The Morgan fingerprint density at radius 2 is 2.03 bits per heavy atom. The number of ether oxygens (including phenoxy) is 4. The number of fused-ring (bicyclic) bond motifs is 1. The summed E-state index contributed by atoms with van der Waals surface area (Å²) in [6, 6.07) is 5.89. The maximum Gasteiger partial charge on any atom is 0.288 e. The third-order valence-corrected chi connectivity index (χ3v) is 5.80. The van der Waals surface area contributed by atoms with E-state index in [1.54, 1.807) is 0 Å². The van der Waals surface area contributed by atoms with Gasteiger partial charge in [-0.1, -0.05) is 6.07 Å². The van der Waals surface area contributed by atoms with Crippen LogP contribution in [0.25, 0.3) is 0 Å². The zero-order valence-electron chi connectivity index (χ0n) is 16.8. The van der Waals surface area contributed by atoms with E-state index < -0.39 is 6.29 Å². The molecule has 1 N–H and O–H groups in total. The van der Waals surface area contributed by atoms with Crippen molar-refractivity contribution in [2.45, 2.75) is 44.8 Å². The van der Waals surface area contributed by atoms with E-state index >= 15 is 0 Å². The van der Waals surface area contributed by atoms with Crippen LogP contribution in [0.5, 0.6) is 11.5 Å². The van der Waals surface area contributed by atoms with Crippen LogP contribution in [0.2, 0.25) is 0 Å². The minimum Gasteiger partial charge on any atom is -0.459 e. The molecule has 0 spiro atoms. The second-order valence-electron chi connectivity index (χ2n) is 7.64. The van der Waals surface area contributed by atoms with Crippen molar-refractivity contribution in [2.75, 3.05) is 33.1 Å². The van der Waals surface area contributed by atoms with Crippen molar-refractivity contribution in [2.24, 2.45) is 5.92 Å². The van der Waals surface area contributed by atoms with E-state index in [0.29, 0.717) is 24.5 Å². The predicted octanol–water partition coefficient (Wildman–Crippen LogP) is 2.79. The minimum atomic E-state index is -0.534. The molecule has 0 aromatic heterocycles. The average molecular weight is 403 g/mol. The summed E-state index contributed by atoms with van der Waals surface area (Å²) in [7, 11) is 0. The van der Waals surface area contributed by atoms with E-state index in [-0.39, 0.29) is 31.1 Å². The molecule has 0 unspecified atom stereocenters. The SMILES string of the molecule is CCO[C@@H]1OC(C(=O)N2CCCC2)=C[C@H](c2ccc3c(c2)OCO3)[C@H]1CCCO. The van der Waals surface area contributed by atoms with Gasteiger partial charge >= 0.3 is 0 Å². The Bertz CT molecular complexity index is 758. The van der Waals surface area contributed by atoms with Crippen molar-refractivity contribution in [3.8, 4) is 11.5 Å². The van der Waals surface area contributed by atoms with Gasteiger partial charge in [-0.2, -0.15) is 0 Å². The van der Waals surface area contributed by atoms with Gasteiger partial charge in [0.05, 0.1) is 0 Å². The maximum atomic E-state index is 13.0. The normalized spacial score (nSPS) is 25.7. The molecule has 3 aliphatic heterocycles. The predicted molar refractivity (Wildman–Crippen MR) is 106 cm³/mol. The number of carbonyl (C=O) groups is 1. The zero-order chi connectivity index (χ0) is 20.2. The minimum absolute atomic E-state index is 0.0161. The molecule has 3 aliphatic rings. The summed E-state index contributed by atoms with van der Waals surface area (Å²) in [6.45, 7) is 4.26. The standard InChI is InChI=1S/C22H29NO6/c1-2-26-22-16(6-5-11-24)17(15-7-8-18-19(12-15)28-14-27-18)13-20(29-22)21(25)23-9-3-4-10-23/h7-8,12-13,16-17,22,24H,2-6,9-11,14H2,1H3/t16-,17-,22-/m1/s1. The van der Waals surface area contributed by atoms with Crippen LogP contribution in [0, 0.1) is 5.92 Å². The number of amides is 1. The van der Waals surface area contributed by atoms with Gasteiger partial charge in [0.1, 0.15) is 0 Å². The van der Waals surface area contributed by atoms with Crippen molar-refractivity contribution in [3.63, 3.8) is 0 Å². The highest BCUT2D eigenvalue weighted by Gasteiger charge is 2.39. The summed E-state index contributed by atoms with van der Waals surface area (Å²) < 4.78 is 23.0. The van der Waals surface area contributed by atoms with Gasteiger partial charge < -0.3 is 29.0 Å². The number of aliphatic hydroxyl groups is 1. The molecule has 3 heterocycles. The second-order valence-corrected chi connectivity index (χ2v) is 7.64. The highest BCUT2D eigenvalue weighted by Crippen LogP contribution is 2.43. The number of nitrogens with zero attached hydrogens (tertiary/aromatic N) is 1. The van der Waals surface area contributed by atoms with Crippen LogP contribution in [0.15, 0.2) is 30.0 Å². The molecule has 4 rings (SSSR count). The first-order chi connectivity index (χ1) is 14.2. The third-order valence-electron chi connectivity index (χ3n) is 5.80.